The maximum absolute atomic E-state index is 9.76. The van der Waals surface area contributed by atoms with Crippen molar-refractivity contribution in [2.75, 3.05) is 7.11 Å². The lowest BCUT2D eigenvalue weighted by atomic mass is 10.2. The number of hydrogen-bond acceptors (Lipinski definition) is 4. The average molecular weight is 338 g/mol. The standard InChI is InChI=1S/C15H16BrNO3/c1-20-15-7-13(16)11(6-14(15)19)9-17-8-10-2-4-12(18)5-3-10/h2-7,17-19H,8-9H2,1H3. The molecule has 0 unspecified atom stereocenters. The van der Waals surface area contributed by atoms with Crippen molar-refractivity contribution in [1.29, 1.82) is 0 Å². The highest BCUT2D eigenvalue weighted by Crippen LogP contribution is 2.32. The molecule has 0 bridgehead atoms. The summed E-state index contributed by atoms with van der Waals surface area (Å²) in [6.07, 6.45) is 0. The van der Waals surface area contributed by atoms with Crippen molar-refractivity contribution in [1.82, 2.24) is 5.32 Å². The molecular formula is C15H16BrNO3. The Balaban J connectivity index is 1.97. The first-order valence-corrected chi connectivity index (χ1v) is 6.93. The third-order valence-corrected chi connectivity index (χ3v) is 3.67. The maximum atomic E-state index is 9.76. The van der Waals surface area contributed by atoms with Gasteiger partial charge in [0.2, 0.25) is 0 Å². The zero-order valence-corrected chi connectivity index (χ0v) is 12.6. The first-order chi connectivity index (χ1) is 9.60. The molecule has 20 heavy (non-hydrogen) atoms. The quantitative estimate of drug-likeness (QED) is 0.784. The second kappa shape index (κ2) is 6.63. The van der Waals surface area contributed by atoms with Crippen LogP contribution in [0.4, 0.5) is 0 Å². The zero-order valence-electron chi connectivity index (χ0n) is 11.1. The van der Waals surface area contributed by atoms with Gasteiger partial charge >= 0.3 is 0 Å². The lowest BCUT2D eigenvalue weighted by molar-refractivity contribution is 0.372. The van der Waals surface area contributed by atoms with Gasteiger partial charge in [0.05, 0.1) is 7.11 Å². The molecule has 0 saturated heterocycles. The average Bonchev–Trinajstić information content (AvgIpc) is 2.44. The van der Waals surface area contributed by atoms with Crippen molar-refractivity contribution in [3.8, 4) is 17.2 Å². The fourth-order valence-electron chi connectivity index (χ4n) is 1.84. The van der Waals surface area contributed by atoms with Gasteiger partial charge in [-0.3, -0.25) is 0 Å². The van der Waals surface area contributed by atoms with E-state index in [4.69, 9.17) is 4.74 Å². The molecule has 5 heteroatoms. The summed E-state index contributed by atoms with van der Waals surface area (Å²) in [4.78, 5) is 0. The third kappa shape index (κ3) is 3.65. The normalized spacial score (nSPS) is 10.5. The monoisotopic (exact) mass is 337 g/mol. The minimum Gasteiger partial charge on any atom is -0.508 e. The summed E-state index contributed by atoms with van der Waals surface area (Å²) in [7, 11) is 1.52. The van der Waals surface area contributed by atoms with Crippen molar-refractivity contribution < 1.29 is 14.9 Å². The highest BCUT2D eigenvalue weighted by molar-refractivity contribution is 9.10. The van der Waals surface area contributed by atoms with Crippen LogP contribution in [0.2, 0.25) is 0 Å². The molecular weight excluding hydrogens is 322 g/mol. The largest absolute Gasteiger partial charge is 0.508 e. The molecule has 2 aromatic carbocycles. The molecule has 2 aromatic rings. The van der Waals surface area contributed by atoms with Gasteiger partial charge < -0.3 is 20.3 Å². The van der Waals surface area contributed by atoms with E-state index in [0.717, 1.165) is 15.6 Å². The molecule has 0 spiro atoms. The van der Waals surface area contributed by atoms with E-state index in [-0.39, 0.29) is 11.5 Å². The highest BCUT2D eigenvalue weighted by atomic mass is 79.9. The Labute approximate surface area is 126 Å². The van der Waals surface area contributed by atoms with Gasteiger partial charge in [-0.25, -0.2) is 0 Å². The third-order valence-electron chi connectivity index (χ3n) is 2.93. The topological polar surface area (TPSA) is 61.7 Å². The van der Waals surface area contributed by atoms with Crippen LogP contribution in [0.5, 0.6) is 17.2 Å². The van der Waals surface area contributed by atoms with Gasteiger partial charge in [-0.1, -0.05) is 28.1 Å². The van der Waals surface area contributed by atoms with E-state index in [9.17, 15) is 10.2 Å². The Hall–Kier alpha value is -1.72. The van der Waals surface area contributed by atoms with Gasteiger partial charge in [0.1, 0.15) is 5.75 Å². The van der Waals surface area contributed by atoms with E-state index in [1.165, 1.54) is 7.11 Å². The molecule has 0 atom stereocenters. The number of ether oxygens (including phenoxy) is 1. The van der Waals surface area contributed by atoms with Crippen molar-refractivity contribution in [3.05, 3.63) is 52.0 Å². The Morgan fingerprint density at radius 1 is 1.10 bits per heavy atom. The van der Waals surface area contributed by atoms with Gasteiger partial charge in [-0.05, 0) is 35.4 Å². The number of phenols is 2. The Morgan fingerprint density at radius 2 is 1.80 bits per heavy atom. The summed E-state index contributed by atoms with van der Waals surface area (Å²) in [5.41, 5.74) is 2.03. The first-order valence-electron chi connectivity index (χ1n) is 6.14. The van der Waals surface area contributed by atoms with E-state index in [2.05, 4.69) is 21.2 Å². The molecule has 2 rings (SSSR count). The first kappa shape index (κ1) is 14.7. The number of phenolic OH excluding ortho intramolecular Hbond substituents is 2. The summed E-state index contributed by atoms with van der Waals surface area (Å²) in [5, 5.41) is 22.3. The van der Waals surface area contributed by atoms with Crippen LogP contribution >= 0.6 is 15.9 Å². The smallest absolute Gasteiger partial charge is 0.161 e. The number of halogens is 1. The lowest BCUT2D eigenvalue weighted by Gasteiger charge is -2.10. The molecule has 3 N–H and O–H groups in total. The van der Waals surface area contributed by atoms with E-state index in [0.29, 0.717) is 18.8 Å². The molecule has 0 fully saturated rings. The molecule has 0 amide bonds. The Bertz CT molecular complexity index is 584. The number of aromatic hydroxyl groups is 2. The van der Waals surface area contributed by atoms with Crippen molar-refractivity contribution in [2.24, 2.45) is 0 Å². The molecule has 0 heterocycles. The summed E-state index contributed by atoms with van der Waals surface area (Å²) in [5.74, 6) is 0.827. The van der Waals surface area contributed by atoms with E-state index in [1.807, 2.05) is 12.1 Å². The van der Waals surface area contributed by atoms with Crippen molar-refractivity contribution >= 4 is 15.9 Å². The molecule has 0 aliphatic heterocycles. The Kier molecular flexibility index (Phi) is 4.87. The predicted molar refractivity (Wildman–Crippen MR) is 81.0 cm³/mol. The summed E-state index contributed by atoms with van der Waals surface area (Å²) in [6.45, 7) is 1.29. The van der Waals surface area contributed by atoms with Crippen LogP contribution in [0.15, 0.2) is 40.9 Å². The fourth-order valence-corrected chi connectivity index (χ4v) is 2.30. The van der Waals surface area contributed by atoms with E-state index >= 15 is 0 Å². The molecule has 4 nitrogen and oxygen atoms in total. The SMILES string of the molecule is COc1cc(Br)c(CNCc2ccc(O)cc2)cc1O. The predicted octanol–water partition coefficient (Wildman–Crippen LogP) is 3.16. The lowest BCUT2D eigenvalue weighted by Crippen LogP contribution is -2.13. The van der Waals surface area contributed by atoms with Gasteiger partial charge in [-0.2, -0.15) is 0 Å². The van der Waals surface area contributed by atoms with Gasteiger partial charge in [0.25, 0.3) is 0 Å². The van der Waals surface area contributed by atoms with Crippen LogP contribution in [0.1, 0.15) is 11.1 Å². The van der Waals surface area contributed by atoms with Crippen LogP contribution < -0.4 is 10.1 Å². The molecule has 0 saturated carbocycles. The minimum atomic E-state index is 0.122. The molecule has 0 aromatic heterocycles. The van der Waals surface area contributed by atoms with Gasteiger partial charge in [0, 0.05) is 17.6 Å². The number of nitrogens with one attached hydrogen (secondary N) is 1. The van der Waals surface area contributed by atoms with Crippen molar-refractivity contribution in [2.45, 2.75) is 13.1 Å². The summed E-state index contributed by atoms with van der Waals surface area (Å²) < 4.78 is 5.92. The number of methoxy groups -OCH3 is 1. The highest BCUT2D eigenvalue weighted by Gasteiger charge is 2.07. The van der Waals surface area contributed by atoms with Gasteiger partial charge in [-0.15, -0.1) is 0 Å². The zero-order chi connectivity index (χ0) is 14.5. The van der Waals surface area contributed by atoms with Gasteiger partial charge in [0.15, 0.2) is 11.5 Å². The van der Waals surface area contributed by atoms with Crippen LogP contribution in [0.3, 0.4) is 0 Å². The molecule has 106 valence electrons. The van der Waals surface area contributed by atoms with E-state index < -0.39 is 0 Å². The fraction of sp³-hybridized carbons (Fsp3) is 0.200. The number of benzene rings is 2. The van der Waals surface area contributed by atoms with Crippen molar-refractivity contribution in [3.63, 3.8) is 0 Å². The number of rotatable bonds is 5. The maximum Gasteiger partial charge on any atom is 0.161 e. The Morgan fingerprint density at radius 3 is 2.45 bits per heavy atom. The van der Waals surface area contributed by atoms with Crippen LogP contribution in [0.25, 0.3) is 0 Å². The second-order valence-corrected chi connectivity index (χ2v) is 5.24. The van der Waals surface area contributed by atoms with E-state index in [1.54, 1.807) is 24.3 Å². The minimum absolute atomic E-state index is 0.122. The second-order valence-electron chi connectivity index (χ2n) is 4.39. The van der Waals surface area contributed by atoms with Crippen LogP contribution in [0, 0.1) is 0 Å². The molecule has 0 aliphatic carbocycles. The van der Waals surface area contributed by atoms with Crippen LogP contribution in [-0.2, 0) is 13.1 Å². The molecule has 0 radical (unpaired) electrons. The number of hydrogen-bond donors (Lipinski definition) is 3. The summed E-state index contributed by atoms with van der Waals surface area (Å²) in [6, 6.07) is 10.5. The summed E-state index contributed by atoms with van der Waals surface area (Å²) >= 11 is 3.45. The molecule has 0 aliphatic rings. The van der Waals surface area contributed by atoms with Crippen LogP contribution in [-0.4, -0.2) is 17.3 Å².